The Kier molecular flexibility index (Phi) is 8.87. The van der Waals surface area contributed by atoms with E-state index in [0.29, 0.717) is 24.6 Å². The molecule has 0 unspecified atom stereocenters. The summed E-state index contributed by atoms with van der Waals surface area (Å²) in [4.78, 5) is 21.7. The maximum absolute atomic E-state index is 12.1. The predicted octanol–water partition coefficient (Wildman–Crippen LogP) is 4.47. The molecule has 1 aliphatic rings. The number of nitrogens with one attached hydrogen (secondary N) is 1. The predicted molar refractivity (Wildman–Crippen MR) is 114 cm³/mol. The zero-order chi connectivity index (χ0) is 21.1. The lowest BCUT2D eigenvalue weighted by Crippen LogP contribution is -2.26. The molecule has 1 saturated heterocycles. The van der Waals surface area contributed by atoms with Crippen LogP contribution in [-0.4, -0.2) is 31.1 Å². The van der Waals surface area contributed by atoms with Gasteiger partial charge in [0.15, 0.2) is 0 Å². The lowest BCUT2D eigenvalue weighted by molar-refractivity contribution is -0.138. The number of hydrogen-bond donors (Lipinski definition) is 1. The molecule has 29 heavy (non-hydrogen) atoms. The topological polar surface area (TPSA) is 64.6 Å². The minimum absolute atomic E-state index is 0.263. The lowest BCUT2D eigenvalue weighted by atomic mass is 9.90. The highest BCUT2D eigenvalue weighted by atomic mass is 16.5. The van der Waals surface area contributed by atoms with E-state index in [2.05, 4.69) is 22.2 Å². The van der Waals surface area contributed by atoms with Crippen LogP contribution in [0, 0.1) is 0 Å². The average molecular weight is 398 g/mol. The number of esters is 1. The van der Waals surface area contributed by atoms with E-state index in [1.54, 1.807) is 0 Å². The molecule has 3 rings (SSSR count). The fourth-order valence-electron chi connectivity index (χ4n) is 3.00. The number of carbonyl (C=O) groups is 2. The molecule has 2 aromatic rings. The van der Waals surface area contributed by atoms with Gasteiger partial charge in [-0.15, -0.1) is 0 Å². The van der Waals surface area contributed by atoms with Crippen LogP contribution in [0.2, 0.25) is 0 Å². The summed E-state index contributed by atoms with van der Waals surface area (Å²) in [6.45, 7) is 8.39. The first-order chi connectivity index (χ1) is 13.9. The van der Waals surface area contributed by atoms with E-state index in [1.807, 2.05) is 63.2 Å². The molecular formula is C24H31NO4. The number of ether oxygens (including phenoxy) is 2. The summed E-state index contributed by atoms with van der Waals surface area (Å²) >= 11 is 0. The van der Waals surface area contributed by atoms with Gasteiger partial charge >= 0.3 is 5.97 Å². The highest BCUT2D eigenvalue weighted by Gasteiger charge is 2.16. The third-order valence-electron chi connectivity index (χ3n) is 4.57. The Morgan fingerprint density at radius 1 is 1.03 bits per heavy atom. The Balaban J connectivity index is 0.000000370. The van der Waals surface area contributed by atoms with Crippen molar-refractivity contribution in [3.8, 4) is 0 Å². The smallest absolute Gasteiger partial charge is 0.338 e. The molecule has 156 valence electrons. The van der Waals surface area contributed by atoms with Crippen LogP contribution in [0.25, 0.3) is 0 Å². The number of piperidine rings is 1. The van der Waals surface area contributed by atoms with Gasteiger partial charge in [0.2, 0.25) is 0 Å². The molecule has 5 heteroatoms. The Bertz CT molecular complexity index is 745. The van der Waals surface area contributed by atoms with Gasteiger partial charge in [0.25, 0.3) is 6.47 Å². The van der Waals surface area contributed by atoms with Crippen LogP contribution in [-0.2, 0) is 20.9 Å². The van der Waals surface area contributed by atoms with Gasteiger partial charge in [0, 0.05) is 0 Å². The lowest BCUT2D eigenvalue weighted by Gasteiger charge is -2.23. The first-order valence-corrected chi connectivity index (χ1v) is 10.0. The number of hydrogen-bond acceptors (Lipinski definition) is 5. The van der Waals surface area contributed by atoms with E-state index < -0.39 is 0 Å². The molecule has 1 heterocycles. The van der Waals surface area contributed by atoms with E-state index in [4.69, 9.17) is 4.74 Å². The van der Waals surface area contributed by atoms with Crippen LogP contribution >= 0.6 is 0 Å². The van der Waals surface area contributed by atoms with Crippen molar-refractivity contribution >= 4 is 12.4 Å². The fourth-order valence-corrected chi connectivity index (χ4v) is 3.00. The summed E-state index contributed by atoms with van der Waals surface area (Å²) < 4.78 is 9.90. The van der Waals surface area contributed by atoms with Gasteiger partial charge in [-0.25, -0.2) is 4.79 Å². The number of rotatable bonds is 5. The minimum atomic E-state index is -0.318. The second-order valence-electron chi connectivity index (χ2n) is 8.03. The number of carbonyl (C=O) groups excluding carboxylic acids is 2. The van der Waals surface area contributed by atoms with E-state index >= 15 is 0 Å². The summed E-state index contributed by atoms with van der Waals surface area (Å²) in [5.74, 6) is 0.344. The van der Waals surface area contributed by atoms with Crippen molar-refractivity contribution in [3.63, 3.8) is 0 Å². The van der Waals surface area contributed by atoms with Crippen LogP contribution in [0.15, 0.2) is 54.6 Å². The molecule has 0 spiro atoms. The van der Waals surface area contributed by atoms with Gasteiger partial charge in [0.1, 0.15) is 12.2 Å². The van der Waals surface area contributed by atoms with Crippen molar-refractivity contribution in [1.29, 1.82) is 0 Å². The molecule has 0 aromatic heterocycles. The van der Waals surface area contributed by atoms with Crippen molar-refractivity contribution < 1.29 is 19.1 Å². The van der Waals surface area contributed by atoms with Crippen LogP contribution in [0.3, 0.4) is 0 Å². The zero-order valence-corrected chi connectivity index (χ0v) is 17.5. The van der Waals surface area contributed by atoms with E-state index in [0.717, 1.165) is 31.5 Å². The van der Waals surface area contributed by atoms with Crippen molar-refractivity contribution in [2.45, 2.75) is 51.7 Å². The Hall–Kier alpha value is -2.66. The molecule has 2 aromatic carbocycles. The van der Waals surface area contributed by atoms with Crippen molar-refractivity contribution in [1.82, 2.24) is 5.32 Å². The Morgan fingerprint density at radius 2 is 1.66 bits per heavy atom. The van der Waals surface area contributed by atoms with Crippen molar-refractivity contribution in [2.24, 2.45) is 0 Å². The maximum Gasteiger partial charge on any atom is 0.338 e. The molecule has 1 fully saturated rings. The first-order valence-electron chi connectivity index (χ1n) is 10.0. The Morgan fingerprint density at radius 3 is 2.17 bits per heavy atom. The van der Waals surface area contributed by atoms with Crippen molar-refractivity contribution in [2.75, 3.05) is 13.1 Å². The van der Waals surface area contributed by atoms with Crippen molar-refractivity contribution in [3.05, 3.63) is 71.3 Å². The standard InChI is InChI=1S/C19H21NO2.C5H10O2/c21-19(22-14-15-4-2-1-3-5-15)18-8-6-16(7-9-18)17-10-12-20-13-11-17;1-5(2,3)7-4-6/h1-9,17,20H,10-14H2;4H,1-3H3. The van der Waals surface area contributed by atoms with E-state index in [9.17, 15) is 9.59 Å². The summed E-state index contributed by atoms with van der Waals surface area (Å²) in [5.41, 5.74) is 2.62. The SMILES string of the molecule is CC(C)(C)OC=O.O=C(OCc1ccccc1)c1ccc(C2CCNCC2)cc1. The molecule has 1 aliphatic heterocycles. The monoisotopic (exact) mass is 397 g/mol. The molecule has 0 atom stereocenters. The average Bonchev–Trinajstić information content (AvgIpc) is 2.73. The van der Waals surface area contributed by atoms with Crippen LogP contribution in [0.1, 0.15) is 61.0 Å². The molecule has 0 saturated carbocycles. The van der Waals surface area contributed by atoms with Gasteiger partial charge in [-0.3, -0.25) is 4.79 Å². The molecular weight excluding hydrogens is 366 g/mol. The van der Waals surface area contributed by atoms with Gasteiger partial charge in [-0.05, 0) is 75.9 Å². The highest BCUT2D eigenvalue weighted by Crippen LogP contribution is 2.25. The van der Waals surface area contributed by atoms with Gasteiger partial charge in [-0.1, -0.05) is 42.5 Å². The molecule has 0 amide bonds. The van der Waals surface area contributed by atoms with E-state index in [-0.39, 0.29) is 11.6 Å². The van der Waals surface area contributed by atoms with Crippen LogP contribution in [0.4, 0.5) is 0 Å². The van der Waals surface area contributed by atoms with Crippen LogP contribution in [0.5, 0.6) is 0 Å². The highest BCUT2D eigenvalue weighted by molar-refractivity contribution is 5.89. The third kappa shape index (κ3) is 8.48. The van der Waals surface area contributed by atoms with Crippen LogP contribution < -0.4 is 5.32 Å². The Labute approximate surface area is 173 Å². The van der Waals surface area contributed by atoms with Gasteiger partial charge in [-0.2, -0.15) is 0 Å². The summed E-state index contributed by atoms with van der Waals surface area (Å²) in [7, 11) is 0. The summed E-state index contributed by atoms with van der Waals surface area (Å²) in [5, 5.41) is 3.37. The molecule has 1 N–H and O–H groups in total. The van der Waals surface area contributed by atoms with E-state index in [1.165, 1.54) is 5.56 Å². The molecule has 0 radical (unpaired) electrons. The number of benzene rings is 2. The third-order valence-corrected chi connectivity index (χ3v) is 4.57. The summed E-state index contributed by atoms with van der Waals surface area (Å²) in [6, 6.07) is 17.6. The summed E-state index contributed by atoms with van der Waals surface area (Å²) in [6.07, 6.45) is 2.33. The van der Waals surface area contributed by atoms with Gasteiger partial charge in [0.05, 0.1) is 5.56 Å². The zero-order valence-electron chi connectivity index (χ0n) is 17.5. The first kappa shape index (κ1) is 22.6. The second-order valence-corrected chi connectivity index (χ2v) is 8.03. The van der Waals surface area contributed by atoms with Gasteiger partial charge < -0.3 is 14.8 Å². The fraction of sp³-hybridized carbons (Fsp3) is 0.417. The maximum atomic E-state index is 12.1. The molecule has 0 aliphatic carbocycles. The normalized spacial score (nSPS) is 14.3. The largest absolute Gasteiger partial charge is 0.462 e. The quantitative estimate of drug-likeness (QED) is 0.596. The second kappa shape index (κ2) is 11.4. The molecule has 0 bridgehead atoms. The molecule has 5 nitrogen and oxygen atoms in total. The minimum Gasteiger partial charge on any atom is -0.462 e.